The van der Waals surface area contributed by atoms with Gasteiger partial charge in [0.1, 0.15) is 6.04 Å². The Morgan fingerprint density at radius 2 is 1.23 bits per heavy atom. The summed E-state index contributed by atoms with van der Waals surface area (Å²) in [7, 11) is 0. The van der Waals surface area contributed by atoms with E-state index >= 15 is 0 Å². The van der Waals surface area contributed by atoms with E-state index in [-0.39, 0.29) is 18.9 Å². The Kier molecular flexibility index (Phi) is 16.7. The van der Waals surface area contributed by atoms with Crippen molar-refractivity contribution < 1.29 is 27.5 Å². The summed E-state index contributed by atoms with van der Waals surface area (Å²) >= 11 is 0. The van der Waals surface area contributed by atoms with Crippen LogP contribution in [0, 0.1) is 5.92 Å². The highest BCUT2D eigenvalue weighted by Crippen LogP contribution is 2.17. The van der Waals surface area contributed by atoms with Gasteiger partial charge in [-0.15, -0.1) is 0 Å². The molecule has 0 saturated carbocycles. The first-order chi connectivity index (χ1) is 14.2. The molecule has 0 aromatic heterocycles. The molecule has 1 unspecified atom stereocenters. The molecule has 1 N–H and O–H groups in total. The lowest BCUT2D eigenvalue weighted by Crippen LogP contribution is -2.48. The smallest absolute Gasteiger partial charge is 0.464 e. The topological polar surface area (TPSA) is 55.4 Å². The molecule has 0 aliphatic carbocycles. The summed E-state index contributed by atoms with van der Waals surface area (Å²) in [5, 5.41) is 1.75. The fourth-order valence-corrected chi connectivity index (χ4v) is 3.32. The van der Waals surface area contributed by atoms with Crippen LogP contribution in [-0.2, 0) is 14.3 Å². The Morgan fingerprint density at radius 1 is 0.800 bits per heavy atom. The van der Waals surface area contributed by atoms with E-state index in [9.17, 15) is 22.8 Å². The van der Waals surface area contributed by atoms with Gasteiger partial charge in [0.2, 0.25) is 0 Å². The van der Waals surface area contributed by atoms with Crippen LogP contribution in [0.4, 0.5) is 13.2 Å². The van der Waals surface area contributed by atoms with Gasteiger partial charge in [0.25, 0.3) is 0 Å². The molecule has 7 heteroatoms. The van der Waals surface area contributed by atoms with Gasteiger partial charge in [0.05, 0.1) is 6.61 Å². The van der Waals surface area contributed by atoms with Crippen molar-refractivity contribution in [3.05, 3.63) is 0 Å². The first-order valence-electron chi connectivity index (χ1n) is 11.7. The molecule has 0 bridgehead atoms. The molecule has 1 atom stereocenters. The van der Waals surface area contributed by atoms with Gasteiger partial charge in [-0.3, -0.25) is 4.79 Å². The van der Waals surface area contributed by atoms with Crippen molar-refractivity contribution in [2.75, 3.05) is 6.61 Å². The third kappa shape index (κ3) is 16.5. The van der Waals surface area contributed by atoms with Gasteiger partial charge in [0.15, 0.2) is 0 Å². The maximum atomic E-state index is 12.4. The van der Waals surface area contributed by atoms with Crippen molar-refractivity contribution in [1.82, 2.24) is 5.32 Å². The summed E-state index contributed by atoms with van der Waals surface area (Å²) in [5.74, 6) is -2.95. The van der Waals surface area contributed by atoms with Crippen molar-refractivity contribution >= 4 is 11.9 Å². The number of nitrogens with one attached hydrogen (secondary N) is 1. The summed E-state index contributed by atoms with van der Waals surface area (Å²) in [4.78, 5) is 23.2. The lowest BCUT2D eigenvalue weighted by atomic mass is 10.0. The molecule has 0 fully saturated rings. The van der Waals surface area contributed by atoms with E-state index in [2.05, 4.69) is 6.92 Å². The van der Waals surface area contributed by atoms with E-state index in [1.54, 1.807) is 19.2 Å². The van der Waals surface area contributed by atoms with E-state index in [1.807, 2.05) is 0 Å². The quantitative estimate of drug-likeness (QED) is 0.191. The third-order valence-electron chi connectivity index (χ3n) is 5.05. The zero-order valence-electron chi connectivity index (χ0n) is 19.1. The first kappa shape index (κ1) is 28.7. The second kappa shape index (κ2) is 17.4. The van der Waals surface area contributed by atoms with Gasteiger partial charge >= 0.3 is 18.1 Å². The number of alkyl halides is 3. The van der Waals surface area contributed by atoms with Crippen LogP contribution < -0.4 is 5.32 Å². The molecule has 0 spiro atoms. The maximum Gasteiger partial charge on any atom is 0.471 e. The number of unbranched alkanes of at least 4 members (excludes halogenated alkanes) is 12. The number of ether oxygens (including phenoxy) is 1. The molecule has 0 saturated heterocycles. The average Bonchev–Trinajstić information content (AvgIpc) is 2.66. The van der Waals surface area contributed by atoms with E-state index in [0.29, 0.717) is 6.42 Å². The van der Waals surface area contributed by atoms with Crippen LogP contribution in [0.25, 0.3) is 0 Å². The fourth-order valence-electron chi connectivity index (χ4n) is 3.32. The summed E-state index contributed by atoms with van der Waals surface area (Å²) in [6, 6.07) is -1.26. The minimum absolute atomic E-state index is 0.0487. The molecule has 178 valence electrons. The fraction of sp³-hybridized carbons (Fsp3) is 0.913. The number of amides is 1. The van der Waals surface area contributed by atoms with Crippen molar-refractivity contribution in [2.45, 2.75) is 123 Å². The maximum absolute atomic E-state index is 12.4. The normalized spacial score (nSPS) is 12.8. The number of rotatable bonds is 18. The van der Waals surface area contributed by atoms with Gasteiger partial charge in [-0.05, 0) is 18.8 Å². The Balaban J connectivity index is 3.79. The second-order valence-electron chi connectivity index (χ2n) is 8.56. The lowest BCUT2D eigenvalue weighted by Gasteiger charge is -2.20. The average molecular weight is 438 g/mol. The summed E-state index contributed by atoms with van der Waals surface area (Å²) in [6.45, 7) is 5.94. The highest BCUT2D eigenvalue weighted by molar-refractivity contribution is 5.87. The van der Waals surface area contributed by atoms with Gasteiger partial charge in [0, 0.05) is 0 Å². The zero-order valence-corrected chi connectivity index (χ0v) is 19.1. The van der Waals surface area contributed by atoms with Crippen molar-refractivity contribution in [3.8, 4) is 0 Å². The van der Waals surface area contributed by atoms with E-state index in [4.69, 9.17) is 4.74 Å². The molecule has 0 heterocycles. The van der Waals surface area contributed by atoms with Gasteiger partial charge in [-0.1, -0.05) is 97.8 Å². The van der Waals surface area contributed by atoms with Crippen molar-refractivity contribution in [2.24, 2.45) is 5.92 Å². The Morgan fingerprint density at radius 3 is 1.63 bits per heavy atom. The minimum Gasteiger partial charge on any atom is -0.464 e. The van der Waals surface area contributed by atoms with E-state index in [1.165, 1.54) is 57.8 Å². The van der Waals surface area contributed by atoms with Gasteiger partial charge < -0.3 is 10.1 Å². The lowest BCUT2D eigenvalue weighted by molar-refractivity contribution is -0.176. The molecule has 1 amide bonds. The predicted octanol–water partition coefficient (Wildman–Crippen LogP) is 6.71. The zero-order chi connectivity index (χ0) is 22.8. The molecule has 0 rings (SSSR count). The first-order valence-corrected chi connectivity index (χ1v) is 11.7. The van der Waals surface area contributed by atoms with Crippen LogP contribution in [0.3, 0.4) is 0 Å². The minimum atomic E-state index is -5.01. The van der Waals surface area contributed by atoms with Crippen LogP contribution >= 0.6 is 0 Å². The molecule has 30 heavy (non-hydrogen) atoms. The number of halogens is 3. The molecule has 0 aliphatic rings. The van der Waals surface area contributed by atoms with Crippen LogP contribution in [0.15, 0.2) is 0 Å². The van der Waals surface area contributed by atoms with Gasteiger partial charge in [-0.2, -0.15) is 13.2 Å². The standard InChI is InChI=1S/C23H42F3NO3/c1-4-5-6-7-8-9-10-11-12-13-14-15-16-17-30-21(28)20(18-19(2)3)27-22(29)23(24,25)26/h19-20H,4-18H2,1-3H3,(H,27,29). The van der Waals surface area contributed by atoms with Crippen LogP contribution in [0.5, 0.6) is 0 Å². The van der Waals surface area contributed by atoms with E-state index in [0.717, 1.165) is 19.3 Å². The summed E-state index contributed by atoms with van der Waals surface area (Å²) < 4.78 is 42.4. The number of carbonyl (C=O) groups is 2. The highest BCUT2D eigenvalue weighted by Gasteiger charge is 2.41. The molecule has 0 aromatic carbocycles. The SMILES string of the molecule is CCCCCCCCCCCCCCCOC(=O)C(CC(C)C)NC(=O)C(F)(F)F. The highest BCUT2D eigenvalue weighted by atomic mass is 19.4. The Bertz CT molecular complexity index is 453. The number of esters is 1. The van der Waals surface area contributed by atoms with E-state index < -0.39 is 24.1 Å². The molecular weight excluding hydrogens is 395 g/mol. The molecule has 0 radical (unpaired) electrons. The van der Waals surface area contributed by atoms with Crippen molar-refractivity contribution in [1.29, 1.82) is 0 Å². The monoisotopic (exact) mass is 437 g/mol. The predicted molar refractivity (Wildman–Crippen MR) is 114 cm³/mol. The molecule has 4 nitrogen and oxygen atoms in total. The van der Waals surface area contributed by atoms with Crippen LogP contribution in [0.1, 0.15) is 111 Å². The van der Waals surface area contributed by atoms with Crippen LogP contribution in [-0.4, -0.2) is 30.7 Å². The molecule has 0 aliphatic heterocycles. The third-order valence-corrected chi connectivity index (χ3v) is 5.05. The summed E-state index contributed by atoms with van der Waals surface area (Å²) in [5.41, 5.74) is 0. The second-order valence-corrected chi connectivity index (χ2v) is 8.56. The largest absolute Gasteiger partial charge is 0.471 e. The molecular formula is C23H42F3NO3. The summed E-state index contributed by atoms with van der Waals surface area (Å²) in [6.07, 6.45) is 10.7. The van der Waals surface area contributed by atoms with Gasteiger partial charge in [-0.25, -0.2) is 4.79 Å². The number of carbonyl (C=O) groups excluding carboxylic acids is 2. The van der Waals surface area contributed by atoms with Crippen LogP contribution in [0.2, 0.25) is 0 Å². The number of hydrogen-bond donors (Lipinski definition) is 1. The van der Waals surface area contributed by atoms with Crippen molar-refractivity contribution in [3.63, 3.8) is 0 Å². The number of hydrogen-bond acceptors (Lipinski definition) is 3. The Labute approximate surface area is 180 Å². The Hall–Kier alpha value is -1.27. The molecule has 0 aromatic rings.